The normalized spacial score (nSPS) is 14.3. The van der Waals surface area contributed by atoms with Crippen molar-refractivity contribution in [2.24, 2.45) is 5.41 Å². The molecule has 1 atom stereocenters. The SMILES string of the molecule is CCC(Nc1nc(N)ncc1C(F)(F)F)C(C)(C)C. The second kappa shape index (κ2) is 5.22. The number of hydrogen-bond acceptors (Lipinski definition) is 4. The second-order valence-electron chi connectivity index (χ2n) is 5.46. The van der Waals surface area contributed by atoms with Crippen LogP contribution in [0, 0.1) is 5.41 Å². The van der Waals surface area contributed by atoms with Gasteiger partial charge in [-0.15, -0.1) is 0 Å². The molecule has 108 valence electrons. The van der Waals surface area contributed by atoms with Crippen molar-refractivity contribution in [1.29, 1.82) is 0 Å². The van der Waals surface area contributed by atoms with Crippen molar-refractivity contribution in [2.45, 2.75) is 46.3 Å². The van der Waals surface area contributed by atoms with E-state index in [9.17, 15) is 13.2 Å². The zero-order chi connectivity index (χ0) is 14.8. The molecule has 3 N–H and O–H groups in total. The fourth-order valence-corrected chi connectivity index (χ4v) is 1.81. The van der Waals surface area contributed by atoms with E-state index in [1.165, 1.54) is 0 Å². The van der Waals surface area contributed by atoms with Crippen molar-refractivity contribution >= 4 is 11.8 Å². The Hall–Kier alpha value is -1.53. The highest BCUT2D eigenvalue weighted by Gasteiger charge is 2.36. The summed E-state index contributed by atoms with van der Waals surface area (Å²) < 4.78 is 38.6. The van der Waals surface area contributed by atoms with Gasteiger partial charge in [0.15, 0.2) is 0 Å². The molecule has 0 fully saturated rings. The molecule has 1 aromatic rings. The highest BCUT2D eigenvalue weighted by molar-refractivity contribution is 5.48. The van der Waals surface area contributed by atoms with Gasteiger partial charge in [0.2, 0.25) is 5.95 Å². The van der Waals surface area contributed by atoms with Crippen LogP contribution >= 0.6 is 0 Å². The van der Waals surface area contributed by atoms with Gasteiger partial charge in [-0.05, 0) is 11.8 Å². The third kappa shape index (κ3) is 3.97. The number of nitrogen functional groups attached to an aromatic ring is 1. The zero-order valence-electron chi connectivity index (χ0n) is 11.5. The maximum atomic E-state index is 12.9. The maximum absolute atomic E-state index is 12.9. The summed E-state index contributed by atoms with van der Waals surface area (Å²) in [5, 5.41) is 2.83. The van der Waals surface area contributed by atoms with Gasteiger partial charge in [0.05, 0.1) is 0 Å². The van der Waals surface area contributed by atoms with E-state index in [2.05, 4.69) is 15.3 Å². The number of nitrogens with one attached hydrogen (secondary N) is 1. The van der Waals surface area contributed by atoms with E-state index in [1.54, 1.807) is 0 Å². The molecule has 7 heteroatoms. The molecule has 0 spiro atoms. The standard InChI is InChI=1S/C12H19F3N4/c1-5-8(11(2,3)4)18-9-7(12(13,14)15)6-17-10(16)19-9/h6,8H,5H2,1-4H3,(H3,16,17,18,19). The molecule has 0 bridgehead atoms. The Kier molecular flexibility index (Phi) is 4.27. The molecule has 1 unspecified atom stereocenters. The lowest BCUT2D eigenvalue weighted by Crippen LogP contribution is -2.34. The van der Waals surface area contributed by atoms with Gasteiger partial charge in [-0.3, -0.25) is 0 Å². The molecule has 4 nitrogen and oxygen atoms in total. The fraction of sp³-hybridized carbons (Fsp3) is 0.667. The first-order valence-electron chi connectivity index (χ1n) is 6.02. The Morgan fingerprint density at radius 2 is 1.89 bits per heavy atom. The molecule has 0 aliphatic rings. The average molecular weight is 276 g/mol. The smallest absolute Gasteiger partial charge is 0.368 e. The number of nitrogens with two attached hydrogens (primary N) is 1. The summed E-state index contributed by atoms with van der Waals surface area (Å²) in [5.74, 6) is -0.443. The number of anilines is 2. The largest absolute Gasteiger partial charge is 0.421 e. The Bertz CT molecular complexity index is 438. The third-order valence-corrected chi connectivity index (χ3v) is 2.88. The summed E-state index contributed by atoms with van der Waals surface area (Å²) in [6.45, 7) is 7.75. The summed E-state index contributed by atoms with van der Waals surface area (Å²) in [6, 6.07) is -0.150. The molecule has 0 saturated heterocycles. The van der Waals surface area contributed by atoms with Crippen LogP contribution in [0.4, 0.5) is 24.9 Å². The quantitative estimate of drug-likeness (QED) is 0.889. The maximum Gasteiger partial charge on any atom is 0.421 e. The van der Waals surface area contributed by atoms with E-state index in [0.717, 1.165) is 0 Å². The molecular formula is C12H19F3N4. The zero-order valence-corrected chi connectivity index (χ0v) is 11.5. The first-order chi connectivity index (χ1) is 8.55. The van der Waals surface area contributed by atoms with Crippen molar-refractivity contribution in [3.63, 3.8) is 0 Å². The van der Waals surface area contributed by atoms with Crippen molar-refractivity contribution in [2.75, 3.05) is 11.1 Å². The average Bonchev–Trinajstić information content (AvgIpc) is 2.22. The highest BCUT2D eigenvalue weighted by Crippen LogP contribution is 2.35. The molecule has 0 amide bonds. The van der Waals surface area contributed by atoms with Gasteiger partial charge >= 0.3 is 6.18 Å². The molecule has 0 saturated carbocycles. The van der Waals surface area contributed by atoms with Gasteiger partial charge in [0.25, 0.3) is 0 Å². The Morgan fingerprint density at radius 1 is 1.32 bits per heavy atom. The van der Waals surface area contributed by atoms with Crippen LogP contribution in [0.3, 0.4) is 0 Å². The van der Waals surface area contributed by atoms with E-state index in [1.807, 2.05) is 27.7 Å². The van der Waals surface area contributed by atoms with Crippen molar-refractivity contribution in [3.05, 3.63) is 11.8 Å². The second-order valence-corrected chi connectivity index (χ2v) is 5.46. The van der Waals surface area contributed by atoms with Gasteiger partial charge in [0, 0.05) is 12.2 Å². The van der Waals surface area contributed by atoms with Crippen molar-refractivity contribution in [3.8, 4) is 0 Å². The highest BCUT2D eigenvalue weighted by atomic mass is 19.4. The molecule has 1 rings (SSSR count). The Labute approximate surface area is 110 Å². The number of halogens is 3. The lowest BCUT2D eigenvalue weighted by Gasteiger charge is -2.31. The van der Waals surface area contributed by atoms with Crippen molar-refractivity contribution < 1.29 is 13.2 Å². The number of hydrogen-bond donors (Lipinski definition) is 2. The molecule has 1 heterocycles. The van der Waals surface area contributed by atoms with Crippen LogP contribution in [0.1, 0.15) is 39.7 Å². The van der Waals surface area contributed by atoms with E-state index < -0.39 is 11.7 Å². The minimum Gasteiger partial charge on any atom is -0.368 e. The summed E-state index contributed by atoms with van der Waals surface area (Å²) in [5.41, 5.74) is 4.27. The minimum absolute atomic E-state index is 0.150. The van der Waals surface area contributed by atoms with Crippen LogP contribution in [0.15, 0.2) is 6.20 Å². The van der Waals surface area contributed by atoms with Gasteiger partial charge in [0.1, 0.15) is 11.4 Å². The van der Waals surface area contributed by atoms with Crippen LogP contribution in [-0.4, -0.2) is 16.0 Å². The number of alkyl halides is 3. The molecule has 0 radical (unpaired) electrons. The molecular weight excluding hydrogens is 257 g/mol. The summed E-state index contributed by atoms with van der Waals surface area (Å²) in [4.78, 5) is 7.08. The molecule has 1 aromatic heterocycles. The van der Waals surface area contributed by atoms with Crippen LogP contribution in [-0.2, 0) is 6.18 Å². The summed E-state index contributed by atoms with van der Waals surface area (Å²) >= 11 is 0. The fourth-order valence-electron chi connectivity index (χ4n) is 1.81. The molecule has 0 aliphatic carbocycles. The number of nitrogens with zero attached hydrogens (tertiary/aromatic N) is 2. The lowest BCUT2D eigenvalue weighted by atomic mass is 9.85. The predicted octanol–water partition coefficient (Wildman–Crippen LogP) is 3.31. The summed E-state index contributed by atoms with van der Waals surface area (Å²) in [6.07, 6.45) is -3.13. The Balaban J connectivity index is 3.15. The Morgan fingerprint density at radius 3 is 2.32 bits per heavy atom. The topological polar surface area (TPSA) is 63.8 Å². The third-order valence-electron chi connectivity index (χ3n) is 2.88. The van der Waals surface area contributed by atoms with Crippen LogP contribution in [0.5, 0.6) is 0 Å². The van der Waals surface area contributed by atoms with Crippen LogP contribution in [0.25, 0.3) is 0 Å². The molecule has 0 aliphatic heterocycles. The first-order valence-corrected chi connectivity index (χ1v) is 6.02. The number of rotatable bonds is 3. The van der Waals surface area contributed by atoms with Gasteiger partial charge in [-0.1, -0.05) is 27.7 Å². The van der Waals surface area contributed by atoms with E-state index in [0.29, 0.717) is 12.6 Å². The van der Waals surface area contributed by atoms with E-state index >= 15 is 0 Å². The first kappa shape index (κ1) is 15.5. The van der Waals surface area contributed by atoms with Gasteiger partial charge in [-0.25, -0.2) is 4.98 Å². The summed E-state index contributed by atoms with van der Waals surface area (Å²) in [7, 11) is 0. The van der Waals surface area contributed by atoms with Crippen LogP contribution < -0.4 is 11.1 Å². The van der Waals surface area contributed by atoms with Crippen molar-refractivity contribution in [1.82, 2.24) is 9.97 Å². The lowest BCUT2D eigenvalue weighted by molar-refractivity contribution is -0.137. The number of aromatic nitrogens is 2. The van der Waals surface area contributed by atoms with Gasteiger partial charge in [-0.2, -0.15) is 18.2 Å². The predicted molar refractivity (Wildman–Crippen MR) is 68.6 cm³/mol. The minimum atomic E-state index is -4.51. The van der Waals surface area contributed by atoms with E-state index in [-0.39, 0.29) is 23.2 Å². The molecule has 0 aromatic carbocycles. The van der Waals surface area contributed by atoms with Crippen LogP contribution in [0.2, 0.25) is 0 Å². The monoisotopic (exact) mass is 276 g/mol. The van der Waals surface area contributed by atoms with Gasteiger partial charge < -0.3 is 11.1 Å². The van der Waals surface area contributed by atoms with E-state index in [4.69, 9.17) is 5.73 Å². The molecule has 19 heavy (non-hydrogen) atoms.